The van der Waals surface area contributed by atoms with Gasteiger partial charge in [0.2, 0.25) is 0 Å². The molecule has 15 heavy (non-hydrogen) atoms. The molecule has 0 bridgehead atoms. The first kappa shape index (κ1) is 12.2. The van der Waals surface area contributed by atoms with Gasteiger partial charge in [0.1, 0.15) is 5.82 Å². The molecule has 0 radical (unpaired) electrons. The van der Waals surface area contributed by atoms with E-state index in [4.69, 9.17) is 0 Å². The Labute approximate surface area is 92.7 Å². The highest BCUT2D eigenvalue weighted by Gasteiger charge is 2.01. The van der Waals surface area contributed by atoms with Crippen molar-refractivity contribution < 1.29 is 0 Å². The minimum Gasteiger partial charge on any atom is -0.349 e. The lowest BCUT2D eigenvalue weighted by Gasteiger charge is -2.12. The van der Waals surface area contributed by atoms with Crippen LogP contribution in [0.3, 0.4) is 0 Å². The largest absolute Gasteiger partial charge is 0.349 e. The van der Waals surface area contributed by atoms with Crippen LogP contribution in [0.1, 0.15) is 38.9 Å². The summed E-state index contributed by atoms with van der Waals surface area (Å²) in [6, 6.07) is 0. The van der Waals surface area contributed by atoms with Crippen LogP contribution in [-0.4, -0.2) is 23.1 Å². The van der Waals surface area contributed by atoms with Crippen LogP contribution in [0.15, 0.2) is 12.4 Å². The van der Waals surface area contributed by atoms with Gasteiger partial charge >= 0.3 is 0 Å². The van der Waals surface area contributed by atoms with Crippen LogP contribution in [0.5, 0.6) is 0 Å². The number of H-pyrrole nitrogens is 1. The lowest BCUT2D eigenvalue weighted by atomic mass is 10.0. The quantitative estimate of drug-likeness (QED) is 0.645. The maximum Gasteiger partial charge on any atom is 0.106 e. The zero-order valence-corrected chi connectivity index (χ0v) is 9.92. The fourth-order valence-electron chi connectivity index (χ4n) is 1.70. The molecule has 0 atom stereocenters. The monoisotopic (exact) mass is 209 g/mol. The van der Waals surface area contributed by atoms with Gasteiger partial charge in [0.15, 0.2) is 0 Å². The Kier molecular flexibility index (Phi) is 6.09. The molecular formula is C12H23N3. The number of imidazole rings is 1. The SMILES string of the molecule is CCC(CC)CNCCCc1ncc[nH]1. The van der Waals surface area contributed by atoms with Crippen molar-refractivity contribution in [3.05, 3.63) is 18.2 Å². The summed E-state index contributed by atoms with van der Waals surface area (Å²) in [4.78, 5) is 7.32. The van der Waals surface area contributed by atoms with E-state index in [-0.39, 0.29) is 0 Å². The van der Waals surface area contributed by atoms with Crippen molar-refractivity contribution in [3.8, 4) is 0 Å². The summed E-state index contributed by atoms with van der Waals surface area (Å²) in [7, 11) is 0. The average Bonchev–Trinajstić information content (AvgIpc) is 2.76. The van der Waals surface area contributed by atoms with E-state index in [1.165, 1.54) is 12.8 Å². The molecule has 0 fully saturated rings. The van der Waals surface area contributed by atoms with Gasteiger partial charge in [-0.2, -0.15) is 0 Å². The molecule has 3 nitrogen and oxygen atoms in total. The van der Waals surface area contributed by atoms with Gasteiger partial charge < -0.3 is 10.3 Å². The van der Waals surface area contributed by atoms with Gasteiger partial charge in [-0.15, -0.1) is 0 Å². The molecule has 2 N–H and O–H groups in total. The lowest BCUT2D eigenvalue weighted by Crippen LogP contribution is -2.23. The summed E-state index contributed by atoms with van der Waals surface area (Å²) < 4.78 is 0. The van der Waals surface area contributed by atoms with Crippen molar-refractivity contribution in [2.45, 2.75) is 39.5 Å². The van der Waals surface area contributed by atoms with Gasteiger partial charge in [-0.25, -0.2) is 4.98 Å². The fourth-order valence-corrected chi connectivity index (χ4v) is 1.70. The number of aromatic amines is 1. The van der Waals surface area contributed by atoms with E-state index in [1.807, 2.05) is 12.4 Å². The van der Waals surface area contributed by atoms with Gasteiger partial charge in [0.05, 0.1) is 0 Å². The van der Waals surface area contributed by atoms with E-state index in [0.717, 1.165) is 37.7 Å². The third-order valence-electron chi connectivity index (χ3n) is 2.91. The maximum absolute atomic E-state index is 4.20. The summed E-state index contributed by atoms with van der Waals surface area (Å²) in [5.41, 5.74) is 0. The third kappa shape index (κ3) is 4.98. The first-order chi connectivity index (χ1) is 7.36. The molecule has 0 saturated carbocycles. The smallest absolute Gasteiger partial charge is 0.106 e. The normalized spacial score (nSPS) is 11.1. The maximum atomic E-state index is 4.20. The van der Waals surface area contributed by atoms with E-state index in [1.54, 1.807) is 0 Å². The Morgan fingerprint density at radius 3 is 2.80 bits per heavy atom. The van der Waals surface area contributed by atoms with Crippen molar-refractivity contribution >= 4 is 0 Å². The Morgan fingerprint density at radius 2 is 2.20 bits per heavy atom. The van der Waals surface area contributed by atoms with Crippen LogP contribution < -0.4 is 5.32 Å². The van der Waals surface area contributed by atoms with Crippen LogP contribution >= 0.6 is 0 Å². The van der Waals surface area contributed by atoms with Crippen LogP contribution in [0.25, 0.3) is 0 Å². The summed E-state index contributed by atoms with van der Waals surface area (Å²) in [5.74, 6) is 1.94. The van der Waals surface area contributed by atoms with Crippen LogP contribution in [0, 0.1) is 5.92 Å². The first-order valence-electron chi connectivity index (χ1n) is 6.05. The number of nitrogens with one attached hydrogen (secondary N) is 2. The molecule has 1 aromatic rings. The molecule has 1 aromatic heterocycles. The van der Waals surface area contributed by atoms with Gasteiger partial charge in [-0.05, 0) is 25.4 Å². The molecule has 86 valence electrons. The number of aryl methyl sites for hydroxylation is 1. The van der Waals surface area contributed by atoms with E-state index >= 15 is 0 Å². The zero-order valence-electron chi connectivity index (χ0n) is 9.92. The average molecular weight is 209 g/mol. The highest BCUT2D eigenvalue weighted by Crippen LogP contribution is 2.04. The third-order valence-corrected chi connectivity index (χ3v) is 2.91. The number of nitrogens with zero attached hydrogens (tertiary/aromatic N) is 1. The van der Waals surface area contributed by atoms with E-state index < -0.39 is 0 Å². The fraction of sp³-hybridized carbons (Fsp3) is 0.750. The van der Waals surface area contributed by atoms with Crippen molar-refractivity contribution in [2.24, 2.45) is 5.92 Å². The minimum atomic E-state index is 0.841. The topological polar surface area (TPSA) is 40.7 Å². The molecule has 3 heteroatoms. The molecule has 0 unspecified atom stereocenters. The molecule has 0 spiro atoms. The molecule has 0 aliphatic heterocycles. The number of aromatic nitrogens is 2. The summed E-state index contributed by atoms with van der Waals surface area (Å²) in [5, 5.41) is 3.51. The predicted octanol–water partition coefficient (Wildman–Crippen LogP) is 2.37. The van der Waals surface area contributed by atoms with Crippen molar-refractivity contribution in [1.29, 1.82) is 0 Å². The second-order valence-corrected chi connectivity index (χ2v) is 4.03. The van der Waals surface area contributed by atoms with Gasteiger partial charge in [-0.1, -0.05) is 26.7 Å². The van der Waals surface area contributed by atoms with Crippen LogP contribution in [-0.2, 0) is 6.42 Å². The van der Waals surface area contributed by atoms with Crippen molar-refractivity contribution in [3.63, 3.8) is 0 Å². The van der Waals surface area contributed by atoms with Gasteiger partial charge in [0.25, 0.3) is 0 Å². The standard InChI is InChI=1S/C12H23N3/c1-3-11(4-2)10-13-7-5-6-12-14-8-9-15-12/h8-9,11,13H,3-7,10H2,1-2H3,(H,14,15). The second-order valence-electron chi connectivity index (χ2n) is 4.03. The van der Waals surface area contributed by atoms with Crippen LogP contribution in [0.4, 0.5) is 0 Å². The Morgan fingerprint density at radius 1 is 1.40 bits per heavy atom. The van der Waals surface area contributed by atoms with E-state index in [9.17, 15) is 0 Å². The van der Waals surface area contributed by atoms with Crippen LogP contribution in [0.2, 0.25) is 0 Å². The minimum absolute atomic E-state index is 0.841. The summed E-state index contributed by atoms with van der Waals surface area (Å²) in [6.07, 6.45) is 8.46. The highest BCUT2D eigenvalue weighted by atomic mass is 14.9. The summed E-state index contributed by atoms with van der Waals surface area (Å²) >= 11 is 0. The Balaban J connectivity index is 1.97. The molecule has 0 amide bonds. The first-order valence-corrected chi connectivity index (χ1v) is 6.05. The number of hydrogen-bond donors (Lipinski definition) is 2. The zero-order chi connectivity index (χ0) is 10.9. The molecule has 0 saturated heterocycles. The molecule has 1 heterocycles. The molecular weight excluding hydrogens is 186 g/mol. The Bertz CT molecular complexity index is 227. The van der Waals surface area contributed by atoms with Crippen molar-refractivity contribution in [2.75, 3.05) is 13.1 Å². The second kappa shape index (κ2) is 7.46. The van der Waals surface area contributed by atoms with E-state index in [0.29, 0.717) is 0 Å². The molecule has 0 aromatic carbocycles. The number of rotatable bonds is 8. The van der Waals surface area contributed by atoms with Crippen molar-refractivity contribution in [1.82, 2.24) is 15.3 Å². The molecule has 0 aliphatic carbocycles. The molecule has 1 rings (SSSR count). The van der Waals surface area contributed by atoms with Gasteiger partial charge in [-0.3, -0.25) is 0 Å². The highest BCUT2D eigenvalue weighted by molar-refractivity contribution is 4.86. The predicted molar refractivity (Wildman–Crippen MR) is 63.9 cm³/mol. The molecule has 0 aliphatic rings. The Hall–Kier alpha value is -0.830. The number of hydrogen-bond acceptors (Lipinski definition) is 2. The lowest BCUT2D eigenvalue weighted by molar-refractivity contribution is 0.447. The van der Waals surface area contributed by atoms with Gasteiger partial charge in [0, 0.05) is 18.8 Å². The van der Waals surface area contributed by atoms with E-state index in [2.05, 4.69) is 29.1 Å². The summed E-state index contributed by atoms with van der Waals surface area (Å²) in [6.45, 7) is 6.78.